The van der Waals surface area contributed by atoms with Gasteiger partial charge in [0.2, 0.25) is 0 Å². The normalized spacial score (nSPS) is 18.9. The molecule has 5 nitrogen and oxygen atoms in total. The van der Waals surface area contributed by atoms with Crippen LogP contribution in [0.15, 0.2) is 48.5 Å². The monoisotopic (exact) mass is 410 g/mol. The Morgan fingerprint density at radius 1 is 0.774 bits per heavy atom. The molecule has 0 unspecified atom stereocenters. The summed E-state index contributed by atoms with van der Waals surface area (Å²) in [6.45, 7) is 1.92. The highest BCUT2D eigenvalue weighted by Gasteiger charge is 2.54. The summed E-state index contributed by atoms with van der Waals surface area (Å²) in [5.41, 5.74) is 7.11. The maximum absolute atomic E-state index is 13.0. The standard InChI is InChI=1S/C26H22N2O3/c29-25-17-7-1-2-8-18(17)26(31-25)19-11-15-5-3-9-27-21(15)13-23(19)30-24-14-22-16(12-20(24)26)6-4-10-28-22/h1-2,7-8,11-14,27-28H,3-6,9-10H2. The second-order valence-electron chi connectivity index (χ2n) is 8.79. The Kier molecular flexibility index (Phi) is 3.36. The number of benzene rings is 3. The summed E-state index contributed by atoms with van der Waals surface area (Å²) in [5, 5.41) is 6.99. The van der Waals surface area contributed by atoms with Crippen molar-refractivity contribution in [2.75, 3.05) is 23.7 Å². The molecule has 3 aromatic rings. The van der Waals surface area contributed by atoms with E-state index in [2.05, 4.69) is 34.9 Å². The molecular weight excluding hydrogens is 388 g/mol. The SMILES string of the molecule is O=C1OC2(c3cc4c(cc3Oc3cc5c(cc32)CCCN5)NCCC4)c2ccccc21. The lowest BCUT2D eigenvalue weighted by molar-refractivity contribution is 0.0224. The van der Waals surface area contributed by atoms with E-state index < -0.39 is 5.60 Å². The van der Waals surface area contributed by atoms with E-state index in [9.17, 15) is 4.79 Å². The molecule has 4 aliphatic rings. The Balaban J connectivity index is 1.56. The third-order valence-corrected chi connectivity index (χ3v) is 7.04. The van der Waals surface area contributed by atoms with Crippen LogP contribution >= 0.6 is 0 Å². The van der Waals surface area contributed by atoms with Crippen molar-refractivity contribution < 1.29 is 14.3 Å². The number of esters is 1. The van der Waals surface area contributed by atoms with E-state index in [0.29, 0.717) is 5.56 Å². The van der Waals surface area contributed by atoms with Crippen LogP contribution in [0, 0.1) is 0 Å². The minimum absolute atomic E-state index is 0.277. The highest BCUT2D eigenvalue weighted by atomic mass is 16.6. The Bertz CT molecular complexity index is 1210. The Morgan fingerprint density at radius 3 is 2.03 bits per heavy atom. The predicted molar refractivity (Wildman–Crippen MR) is 118 cm³/mol. The third kappa shape index (κ3) is 2.23. The average molecular weight is 410 g/mol. The Hall–Kier alpha value is -3.47. The molecule has 31 heavy (non-hydrogen) atoms. The minimum atomic E-state index is -0.977. The van der Waals surface area contributed by atoms with E-state index in [1.165, 1.54) is 11.1 Å². The quantitative estimate of drug-likeness (QED) is 0.513. The van der Waals surface area contributed by atoms with Crippen LogP contribution in [0.1, 0.15) is 51.0 Å². The predicted octanol–water partition coefficient (Wildman–Crippen LogP) is 4.97. The molecule has 5 heteroatoms. The molecule has 4 heterocycles. The highest BCUT2D eigenvalue weighted by molar-refractivity contribution is 5.97. The van der Waals surface area contributed by atoms with Gasteiger partial charge in [0, 0.05) is 53.3 Å². The minimum Gasteiger partial charge on any atom is -0.456 e. The maximum Gasteiger partial charge on any atom is 0.340 e. The summed E-state index contributed by atoms with van der Waals surface area (Å²) in [6.07, 6.45) is 4.18. The van der Waals surface area contributed by atoms with E-state index in [1.807, 2.05) is 24.3 Å². The zero-order valence-corrected chi connectivity index (χ0v) is 17.1. The van der Waals surface area contributed by atoms with Crippen molar-refractivity contribution in [1.82, 2.24) is 0 Å². The number of aryl methyl sites for hydroxylation is 2. The van der Waals surface area contributed by atoms with Gasteiger partial charge < -0.3 is 20.1 Å². The van der Waals surface area contributed by atoms with Gasteiger partial charge in [-0.1, -0.05) is 18.2 Å². The maximum atomic E-state index is 13.0. The van der Waals surface area contributed by atoms with Gasteiger partial charge in [-0.2, -0.15) is 0 Å². The van der Waals surface area contributed by atoms with Gasteiger partial charge in [0.05, 0.1) is 5.56 Å². The molecule has 0 bridgehead atoms. The molecule has 0 amide bonds. The largest absolute Gasteiger partial charge is 0.456 e. The van der Waals surface area contributed by atoms with Gasteiger partial charge in [-0.25, -0.2) is 4.79 Å². The molecule has 0 saturated carbocycles. The third-order valence-electron chi connectivity index (χ3n) is 7.04. The van der Waals surface area contributed by atoms with Gasteiger partial charge in [-0.15, -0.1) is 0 Å². The zero-order valence-electron chi connectivity index (χ0n) is 17.1. The van der Waals surface area contributed by atoms with Crippen LogP contribution in [-0.4, -0.2) is 19.1 Å². The molecule has 0 radical (unpaired) electrons. The molecule has 0 aromatic heterocycles. The molecule has 7 rings (SSSR count). The highest BCUT2D eigenvalue weighted by Crippen LogP contribution is 2.58. The van der Waals surface area contributed by atoms with Crippen LogP contribution in [0.3, 0.4) is 0 Å². The topological polar surface area (TPSA) is 59.6 Å². The molecule has 0 fully saturated rings. The van der Waals surface area contributed by atoms with Crippen molar-refractivity contribution in [3.63, 3.8) is 0 Å². The molecule has 0 saturated heterocycles. The molecule has 154 valence electrons. The van der Waals surface area contributed by atoms with Gasteiger partial charge in [-0.05, 0) is 55.0 Å². The summed E-state index contributed by atoms with van der Waals surface area (Å²) in [5.74, 6) is 1.22. The average Bonchev–Trinajstić information content (AvgIpc) is 3.10. The van der Waals surface area contributed by atoms with E-state index in [4.69, 9.17) is 9.47 Å². The zero-order chi connectivity index (χ0) is 20.6. The number of ether oxygens (including phenoxy) is 2. The second kappa shape index (κ2) is 6.03. The fourth-order valence-corrected chi connectivity index (χ4v) is 5.60. The first-order valence-corrected chi connectivity index (χ1v) is 11.1. The molecule has 0 atom stereocenters. The summed E-state index contributed by atoms with van der Waals surface area (Å²) >= 11 is 0. The van der Waals surface area contributed by atoms with Gasteiger partial charge in [-0.3, -0.25) is 0 Å². The molecule has 4 aliphatic heterocycles. The molecule has 3 aromatic carbocycles. The van der Waals surface area contributed by atoms with Gasteiger partial charge >= 0.3 is 5.97 Å². The number of hydrogen-bond acceptors (Lipinski definition) is 5. The summed E-state index contributed by atoms with van der Waals surface area (Å²) in [6, 6.07) is 16.3. The van der Waals surface area contributed by atoms with Gasteiger partial charge in [0.25, 0.3) is 0 Å². The molecule has 0 aliphatic carbocycles. The van der Waals surface area contributed by atoms with E-state index in [0.717, 1.165) is 78.3 Å². The van der Waals surface area contributed by atoms with E-state index >= 15 is 0 Å². The number of rotatable bonds is 0. The first-order chi connectivity index (χ1) is 15.2. The van der Waals surface area contributed by atoms with Gasteiger partial charge in [0.1, 0.15) is 11.5 Å². The summed E-state index contributed by atoms with van der Waals surface area (Å²) in [4.78, 5) is 13.0. The molecular formula is C26H22N2O3. The van der Waals surface area contributed by atoms with Crippen LogP contribution in [0.2, 0.25) is 0 Å². The van der Waals surface area contributed by atoms with Crippen molar-refractivity contribution in [1.29, 1.82) is 0 Å². The first kappa shape index (κ1) is 17.2. The Morgan fingerprint density at radius 2 is 1.39 bits per heavy atom. The van der Waals surface area contributed by atoms with Crippen LogP contribution in [0.4, 0.5) is 11.4 Å². The van der Waals surface area contributed by atoms with Crippen molar-refractivity contribution >= 4 is 17.3 Å². The number of nitrogens with one attached hydrogen (secondary N) is 2. The van der Waals surface area contributed by atoms with Crippen molar-refractivity contribution in [3.05, 3.63) is 81.9 Å². The van der Waals surface area contributed by atoms with E-state index in [-0.39, 0.29) is 5.97 Å². The fraction of sp³-hybridized carbons (Fsp3) is 0.269. The molecule has 1 spiro atoms. The number of anilines is 2. The first-order valence-electron chi connectivity index (χ1n) is 11.1. The fourth-order valence-electron chi connectivity index (χ4n) is 5.60. The lowest BCUT2D eigenvalue weighted by Gasteiger charge is -2.38. The van der Waals surface area contributed by atoms with Crippen LogP contribution in [0.5, 0.6) is 11.5 Å². The second-order valence-corrected chi connectivity index (χ2v) is 8.79. The van der Waals surface area contributed by atoms with Crippen LogP contribution in [-0.2, 0) is 23.2 Å². The summed E-state index contributed by atoms with van der Waals surface area (Å²) < 4.78 is 12.8. The van der Waals surface area contributed by atoms with Crippen molar-refractivity contribution in [2.45, 2.75) is 31.3 Å². The molecule has 2 N–H and O–H groups in total. The number of hydrogen-bond donors (Lipinski definition) is 2. The van der Waals surface area contributed by atoms with E-state index in [1.54, 1.807) is 0 Å². The van der Waals surface area contributed by atoms with Crippen LogP contribution in [0.25, 0.3) is 0 Å². The van der Waals surface area contributed by atoms with Gasteiger partial charge in [0.15, 0.2) is 5.60 Å². The lowest BCUT2D eigenvalue weighted by Crippen LogP contribution is -2.34. The lowest BCUT2D eigenvalue weighted by atomic mass is 9.76. The number of carbonyl (C=O) groups is 1. The number of fused-ring (bicyclic) bond motifs is 8. The Labute approximate surface area is 180 Å². The van der Waals surface area contributed by atoms with Crippen molar-refractivity contribution in [2.24, 2.45) is 0 Å². The van der Waals surface area contributed by atoms with Crippen LogP contribution < -0.4 is 15.4 Å². The van der Waals surface area contributed by atoms with Crippen molar-refractivity contribution in [3.8, 4) is 11.5 Å². The number of carbonyl (C=O) groups excluding carboxylic acids is 1. The summed E-state index contributed by atoms with van der Waals surface area (Å²) in [7, 11) is 0. The smallest absolute Gasteiger partial charge is 0.340 e.